The maximum absolute atomic E-state index is 12.5. The number of anilines is 3. The predicted molar refractivity (Wildman–Crippen MR) is 128 cm³/mol. The van der Waals surface area contributed by atoms with Gasteiger partial charge in [0.15, 0.2) is 5.82 Å². The van der Waals surface area contributed by atoms with Gasteiger partial charge in [-0.1, -0.05) is 30.3 Å². The summed E-state index contributed by atoms with van der Waals surface area (Å²) in [5, 5.41) is 10.8. The van der Waals surface area contributed by atoms with Crippen LogP contribution in [0.1, 0.15) is 42.9 Å². The molecule has 3 aromatic rings. The Morgan fingerprint density at radius 1 is 1.24 bits per heavy atom. The second-order valence-corrected chi connectivity index (χ2v) is 9.94. The summed E-state index contributed by atoms with van der Waals surface area (Å²) in [4.78, 5) is 25.8. The molecule has 0 atom stereocenters. The first-order valence-electron chi connectivity index (χ1n) is 11.9. The lowest BCUT2D eigenvalue weighted by Crippen LogP contribution is -2.44. The molecule has 2 saturated carbocycles. The van der Waals surface area contributed by atoms with Crippen LogP contribution in [0.25, 0.3) is 0 Å². The summed E-state index contributed by atoms with van der Waals surface area (Å²) in [6.07, 6.45) is 6.04. The van der Waals surface area contributed by atoms with Crippen molar-refractivity contribution in [3.8, 4) is 0 Å². The van der Waals surface area contributed by atoms with Crippen molar-refractivity contribution in [3.05, 3.63) is 59.9 Å². The Balaban J connectivity index is 1.05. The number of aromatic amines is 1. The van der Waals surface area contributed by atoms with Crippen molar-refractivity contribution < 1.29 is 9.53 Å². The molecule has 2 N–H and O–H groups in total. The van der Waals surface area contributed by atoms with Gasteiger partial charge in [-0.2, -0.15) is 10.1 Å². The van der Waals surface area contributed by atoms with Crippen molar-refractivity contribution >= 4 is 23.7 Å². The predicted octanol–water partition coefficient (Wildman–Crippen LogP) is 4.06. The summed E-state index contributed by atoms with van der Waals surface area (Å²) >= 11 is 0. The smallest absolute Gasteiger partial charge is 0.409 e. The van der Waals surface area contributed by atoms with Crippen LogP contribution in [0.2, 0.25) is 0 Å². The number of amides is 1. The fourth-order valence-corrected chi connectivity index (χ4v) is 5.28. The van der Waals surface area contributed by atoms with Crippen molar-refractivity contribution in [2.24, 2.45) is 5.41 Å². The quantitative estimate of drug-likeness (QED) is 0.524. The molecule has 34 heavy (non-hydrogen) atoms. The average molecular weight is 460 g/mol. The van der Waals surface area contributed by atoms with E-state index in [9.17, 15) is 4.79 Å². The van der Waals surface area contributed by atoms with Gasteiger partial charge in [-0.25, -0.2) is 9.78 Å². The van der Waals surface area contributed by atoms with E-state index in [1.54, 1.807) is 11.1 Å². The number of carbonyl (C=O) groups excluding carboxylic acids is 1. The third-order valence-electron chi connectivity index (χ3n) is 7.14. The minimum Gasteiger partial charge on any atom is -0.445 e. The Kier molecular flexibility index (Phi) is 5.12. The van der Waals surface area contributed by atoms with E-state index in [1.165, 1.54) is 18.5 Å². The molecule has 4 heterocycles. The van der Waals surface area contributed by atoms with E-state index in [4.69, 9.17) is 9.72 Å². The van der Waals surface area contributed by atoms with Crippen LogP contribution in [0.5, 0.6) is 0 Å². The summed E-state index contributed by atoms with van der Waals surface area (Å²) in [5.74, 6) is 2.87. The van der Waals surface area contributed by atoms with Crippen LogP contribution in [-0.4, -0.2) is 57.3 Å². The van der Waals surface area contributed by atoms with Crippen molar-refractivity contribution in [2.75, 3.05) is 30.4 Å². The van der Waals surface area contributed by atoms with Gasteiger partial charge in [-0.15, -0.1) is 0 Å². The molecule has 2 aliphatic heterocycles. The highest BCUT2D eigenvalue weighted by Gasteiger charge is 2.56. The third kappa shape index (κ3) is 4.18. The molecular formula is C25H29N7O2. The van der Waals surface area contributed by atoms with E-state index in [0.29, 0.717) is 18.5 Å². The Labute approximate surface area is 198 Å². The van der Waals surface area contributed by atoms with Gasteiger partial charge in [0.1, 0.15) is 12.4 Å². The molecule has 1 aromatic carbocycles. The lowest BCUT2D eigenvalue weighted by Gasteiger charge is -2.39. The highest BCUT2D eigenvalue weighted by atomic mass is 16.6. The fraction of sp³-hybridized carbons (Fsp3) is 0.440. The Morgan fingerprint density at radius 3 is 2.85 bits per heavy atom. The Morgan fingerprint density at radius 2 is 2.06 bits per heavy atom. The second-order valence-electron chi connectivity index (χ2n) is 9.94. The van der Waals surface area contributed by atoms with Gasteiger partial charge in [-0.05, 0) is 37.3 Å². The number of aromatic nitrogens is 4. The molecule has 4 aliphatic rings. The van der Waals surface area contributed by atoms with Crippen molar-refractivity contribution in [2.45, 2.75) is 44.2 Å². The van der Waals surface area contributed by atoms with Crippen LogP contribution in [0, 0.1) is 5.41 Å². The number of benzene rings is 1. The number of rotatable bonds is 8. The summed E-state index contributed by atoms with van der Waals surface area (Å²) in [6.45, 7) is 1.80. The molecule has 0 radical (unpaired) electrons. The monoisotopic (exact) mass is 459 g/mol. The normalized spacial score (nSPS) is 22.9. The highest BCUT2D eigenvalue weighted by Crippen LogP contribution is 2.53. The summed E-state index contributed by atoms with van der Waals surface area (Å²) in [5.41, 5.74) is 2.24. The number of nitrogens with zero attached hydrogens (tertiary/aromatic N) is 5. The van der Waals surface area contributed by atoms with Crippen LogP contribution < -0.4 is 10.2 Å². The molecule has 2 aliphatic carbocycles. The third-order valence-corrected chi connectivity index (χ3v) is 7.14. The maximum atomic E-state index is 12.5. The van der Waals surface area contributed by atoms with Crippen LogP contribution >= 0.6 is 0 Å². The number of hydrogen-bond acceptors (Lipinski definition) is 7. The molecule has 176 valence electrons. The largest absolute Gasteiger partial charge is 0.445 e. The molecule has 9 nitrogen and oxygen atoms in total. The molecule has 2 saturated heterocycles. The molecule has 0 spiro atoms. The number of carbonyl (C=O) groups is 1. The van der Waals surface area contributed by atoms with Gasteiger partial charge in [0, 0.05) is 55.5 Å². The molecular weight excluding hydrogens is 430 g/mol. The Hall–Kier alpha value is -3.62. The average Bonchev–Trinajstić information content (AvgIpc) is 3.32. The Bertz CT molecular complexity index is 1170. The summed E-state index contributed by atoms with van der Waals surface area (Å²) < 4.78 is 5.50. The van der Waals surface area contributed by atoms with E-state index in [1.807, 2.05) is 43.4 Å². The van der Waals surface area contributed by atoms with E-state index in [-0.39, 0.29) is 18.1 Å². The summed E-state index contributed by atoms with van der Waals surface area (Å²) in [6, 6.07) is 14.1. The van der Waals surface area contributed by atoms with Gasteiger partial charge in [0.2, 0.25) is 5.95 Å². The first-order chi connectivity index (χ1) is 16.6. The van der Waals surface area contributed by atoms with Gasteiger partial charge >= 0.3 is 6.09 Å². The molecule has 2 bridgehead atoms. The zero-order valence-electron chi connectivity index (χ0n) is 19.3. The van der Waals surface area contributed by atoms with Gasteiger partial charge < -0.3 is 19.9 Å². The molecule has 7 rings (SSSR count). The minimum absolute atomic E-state index is 0.0688. The number of hydrogen-bond donors (Lipinski definition) is 2. The molecule has 2 aromatic heterocycles. The first kappa shape index (κ1) is 20.9. The number of H-pyrrole nitrogens is 1. The summed E-state index contributed by atoms with van der Waals surface area (Å²) in [7, 11) is 1.82. The van der Waals surface area contributed by atoms with Gasteiger partial charge in [0.25, 0.3) is 0 Å². The van der Waals surface area contributed by atoms with E-state index in [2.05, 4.69) is 31.5 Å². The molecule has 1 amide bonds. The van der Waals surface area contributed by atoms with Gasteiger partial charge in [0.05, 0.1) is 0 Å². The second kappa shape index (κ2) is 8.30. The molecule has 9 heteroatoms. The van der Waals surface area contributed by atoms with Crippen LogP contribution in [0.3, 0.4) is 0 Å². The zero-order chi connectivity index (χ0) is 23.1. The van der Waals surface area contributed by atoms with E-state index in [0.717, 1.165) is 42.5 Å². The minimum atomic E-state index is -0.285. The molecule has 0 unspecified atom stereocenters. The topological polar surface area (TPSA) is 99.3 Å². The van der Waals surface area contributed by atoms with Crippen LogP contribution in [0.15, 0.2) is 48.7 Å². The van der Waals surface area contributed by atoms with Gasteiger partial charge in [-0.3, -0.25) is 5.10 Å². The number of ether oxygens (including phenoxy) is 1. The first-order valence-corrected chi connectivity index (χ1v) is 11.9. The number of fused-ring (bicyclic) bond motifs is 1. The fourth-order valence-electron chi connectivity index (χ4n) is 5.28. The SMILES string of the molecule is CN(CC12CC(C1)N(c1nccc(Nc3cc(C4CC4)[nH]n3)n1)C2)C(=O)OCc1ccccc1. The lowest BCUT2D eigenvalue weighted by atomic mass is 9.70. The highest BCUT2D eigenvalue weighted by molar-refractivity contribution is 5.67. The lowest BCUT2D eigenvalue weighted by molar-refractivity contribution is 0.0747. The zero-order valence-corrected chi connectivity index (χ0v) is 19.3. The van der Waals surface area contributed by atoms with E-state index >= 15 is 0 Å². The van der Waals surface area contributed by atoms with Crippen molar-refractivity contribution in [1.29, 1.82) is 0 Å². The van der Waals surface area contributed by atoms with Crippen LogP contribution in [0.4, 0.5) is 22.4 Å². The van der Waals surface area contributed by atoms with E-state index < -0.39 is 0 Å². The standard InChI is InChI=1S/C25H29N7O2/c1-31(24(33)34-14-17-5-3-2-4-6-17)15-25-12-19(13-25)32(16-25)23-26-10-9-21(28-23)27-22-11-20(29-30-22)18-7-8-18/h2-6,9-11,18-19H,7-8,12-16H2,1H3,(H2,26,27,28,29,30). The van der Waals surface area contributed by atoms with Crippen LogP contribution in [-0.2, 0) is 11.3 Å². The van der Waals surface area contributed by atoms with Crippen molar-refractivity contribution in [1.82, 2.24) is 25.1 Å². The maximum Gasteiger partial charge on any atom is 0.409 e. The number of nitrogens with one attached hydrogen (secondary N) is 2. The molecule has 4 fully saturated rings. The van der Waals surface area contributed by atoms with Crippen molar-refractivity contribution in [3.63, 3.8) is 0 Å².